The van der Waals surface area contributed by atoms with Crippen molar-refractivity contribution in [2.45, 2.75) is 47.9 Å². The van der Waals surface area contributed by atoms with Crippen LogP contribution >= 0.6 is 69.3 Å². The molecule has 154 valence electrons. The third-order valence-electron chi connectivity index (χ3n) is 4.12. The highest BCUT2D eigenvalue weighted by Gasteiger charge is 2.36. The van der Waals surface area contributed by atoms with E-state index in [1.54, 1.807) is 27.1 Å². The summed E-state index contributed by atoms with van der Waals surface area (Å²) in [7, 11) is 1.55. The Labute approximate surface area is 188 Å². The quantitative estimate of drug-likeness (QED) is 0.498. The first kappa shape index (κ1) is 25.1. The average Bonchev–Trinajstić information content (AvgIpc) is 3.08. The van der Waals surface area contributed by atoms with E-state index in [9.17, 15) is 9.59 Å². The van der Waals surface area contributed by atoms with Crippen LogP contribution in [0.2, 0.25) is 0 Å². The molecule has 0 aromatic carbocycles. The Bertz CT molecular complexity index is 610. The fourth-order valence-corrected chi connectivity index (χ4v) is 3.21. The smallest absolute Gasteiger partial charge is 0.243 e. The first-order valence-corrected chi connectivity index (χ1v) is 11.1. The number of hydrogen-bond donors (Lipinski definition) is 1. The zero-order valence-corrected chi connectivity index (χ0v) is 19.7. The van der Waals surface area contributed by atoms with Gasteiger partial charge in [0.25, 0.3) is 0 Å². The van der Waals surface area contributed by atoms with Gasteiger partial charge in [-0.15, -0.1) is 34.5 Å². The molecular formula is C16H22Cl5N3O2S. The molecule has 2 amide bonds. The molecule has 0 aliphatic heterocycles. The number of carbonyl (C=O) groups excluding carboxylic acids is 2. The lowest BCUT2D eigenvalue weighted by atomic mass is 10.00. The first-order chi connectivity index (χ1) is 12.4. The number of alkyl halides is 5. The zero-order chi connectivity index (χ0) is 20.8. The van der Waals surface area contributed by atoms with Crippen molar-refractivity contribution in [1.82, 2.24) is 15.2 Å². The Morgan fingerprint density at radius 3 is 2.41 bits per heavy atom. The molecule has 1 heterocycles. The summed E-state index contributed by atoms with van der Waals surface area (Å²) in [5, 5.41) is 5.36. The molecule has 0 unspecified atom stereocenters. The molecule has 0 fully saturated rings. The normalized spacial score (nSPS) is 15.3. The summed E-state index contributed by atoms with van der Waals surface area (Å²) in [4.78, 5) is 30.1. The Morgan fingerprint density at radius 2 is 1.93 bits per heavy atom. The highest BCUT2D eigenvalue weighted by molar-refractivity contribution is 7.09. The van der Waals surface area contributed by atoms with Gasteiger partial charge in [0.05, 0.1) is 6.54 Å². The number of halogens is 5. The Balaban J connectivity index is 2.87. The molecule has 0 spiro atoms. The van der Waals surface area contributed by atoms with Crippen molar-refractivity contribution in [2.75, 3.05) is 7.05 Å². The molecule has 27 heavy (non-hydrogen) atoms. The molecule has 0 saturated carbocycles. The molecule has 0 aliphatic carbocycles. The van der Waals surface area contributed by atoms with Crippen LogP contribution in [0.4, 0.5) is 0 Å². The van der Waals surface area contributed by atoms with Crippen LogP contribution in [-0.2, 0) is 16.1 Å². The summed E-state index contributed by atoms with van der Waals surface area (Å²) >= 11 is 30.9. The Morgan fingerprint density at radius 1 is 1.30 bits per heavy atom. The largest absolute Gasteiger partial charge is 0.348 e. The lowest BCUT2D eigenvalue weighted by Crippen LogP contribution is -2.49. The number of nitrogens with zero attached hydrogens (tertiary/aromatic N) is 2. The predicted molar refractivity (Wildman–Crippen MR) is 114 cm³/mol. The molecule has 0 radical (unpaired) electrons. The molecule has 11 heteroatoms. The minimum absolute atomic E-state index is 0.104. The van der Waals surface area contributed by atoms with E-state index in [1.165, 1.54) is 16.2 Å². The predicted octanol–water partition coefficient (Wildman–Crippen LogP) is 4.81. The van der Waals surface area contributed by atoms with Crippen LogP contribution in [0.1, 0.15) is 31.7 Å². The highest BCUT2D eigenvalue weighted by atomic mass is 35.6. The van der Waals surface area contributed by atoms with E-state index >= 15 is 0 Å². The average molecular weight is 498 g/mol. The van der Waals surface area contributed by atoms with Gasteiger partial charge < -0.3 is 10.2 Å². The summed E-state index contributed by atoms with van der Waals surface area (Å²) in [5.41, 5.74) is 0. The minimum atomic E-state index is -1.55. The van der Waals surface area contributed by atoms with E-state index in [-0.39, 0.29) is 37.1 Å². The number of hydrogen-bond acceptors (Lipinski definition) is 4. The summed E-state index contributed by atoms with van der Waals surface area (Å²) in [6, 6.07) is -0.806. The number of thiazole rings is 1. The maximum Gasteiger partial charge on any atom is 0.243 e. The summed E-state index contributed by atoms with van der Waals surface area (Å²) in [5.74, 6) is -1.32. The van der Waals surface area contributed by atoms with E-state index in [1.807, 2.05) is 5.38 Å². The van der Waals surface area contributed by atoms with Crippen LogP contribution < -0.4 is 5.32 Å². The number of rotatable bonds is 9. The van der Waals surface area contributed by atoms with Gasteiger partial charge in [0.15, 0.2) is 3.79 Å². The van der Waals surface area contributed by atoms with Gasteiger partial charge in [-0.25, -0.2) is 4.98 Å². The van der Waals surface area contributed by atoms with Crippen molar-refractivity contribution in [2.24, 2.45) is 11.8 Å². The maximum absolute atomic E-state index is 12.8. The van der Waals surface area contributed by atoms with Gasteiger partial charge in [0, 0.05) is 31.0 Å². The lowest BCUT2D eigenvalue weighted by molar-refractivity contribution is -0.140. The fourth-order valence-electron chi connectivity index (χ4n) is 2.21. The van der Waals surface area contributed by atoms with Gasteiger partial charge in [-0.3, -0.25) is 9.59 Å². The molecule has 1 N–H and O–H groups in total. The van der Waals surface area contributed by atoms with Crippen LogP contribution in [0.5, 0.6) is 0 Å². The minimum Gasteiger partial charge on any atom is -0.348 e. The highest BCUT2D eigenvalue weighted by Crippen LogP contribution is 2.38. The molecule has 0 aliphatic rings. The monoisotopic (exact) mass is 495 g/mol. The third-order valence-corrected chi connectivity index (χ3v) is 6.88. The topological polar surface area (TPSA) is 62.3 Å². The van der Waals surface area contributed by atoms with E-state index in [4.69, 9.17) is 58.0 Å². The first-order valence-electron chi connectivity index (χ1n) is 8.20. The maximum atomic E-state index is 12.8. The van der Waals surface area contributed by atoms with E-state index < -0.39 is 20.6 Å². The van der Waals surface area contributed by atoms with Crippen molar-refractivity contribution in [3.8, 4) is 0 Å². The van der Waals surface area contributed by atoms with Crippen molar-refractivity contribution in [3.63, 3.8) is 0 Å². The second-order valence-electron chi connectivity index (χ2n) is 6.36. The van der Waals surface area contributed by atoms with Crippen LogP contribution in [0, 0.1) is 11.8 Å². The molecular weight excluding hydrogens is 476 g/mol. The lowest BCUT2D eigenvalue weighted by Gasteiger charge is -2.32. The summed E-state index contributed by atoms with van der Waals surface area (Å²) in [6.45, 7) is 3.74. The molecule has 0 saturated heterocycles. The SMILES string of the molecule is C[C@H](CC(=O)N(C)[C@@H](C[C@@H](C)C(Cl)(Cl)Cl)C(=O)NCc1nccs1)C(Cl)Cl. The molecule has 1 aromatic heterocycles. The van der Waals surface area contributed by atoms with Gasteiger partial charge in [-0.05, 0) is 12.3 Å². The van der Waals surface area contributed by atoms with Crippen molar-refractivity contribution >= 4 is 81.2 Å². The molecule has 1 rings (SSSR count). The number of likely N-dealkylation sites (N-methyl/N-ethyl adjacent to an activating group) is 1. The van der Waals surface area contributed by atoms with Gasteiger partial charge in [0.1, 0.15) is 15.9 Å². The molecule has 1 aromatic rings. The van der Waals surface area contributed by atoms with Gasteiger partial charge in [0.2, 0.25) is 11.8 Å². The number of aromatic nitrogens is 1. The zero-order valence-electron chi connectivity index (χ0n) is 15.1. The standard InChI is InChI=1S/C16H22Cl5N3O2S/c1-9(14(17)18)6-13(25)24(3)11(7-10(2)16(19,20)21)15(26)23-8-12-22-4-5-27-12/h4-5,9-11,14H,6-8H2,1-3H3,(H,23,26)/t9-,10-,11+/m1/s1. The van der Waals surface area contributed by atoms with Crippen LogP contribution in [0.25, 0.3) is 0 Å². The molecule has 0 bridgehead atoms. The van der Waals surface area contributed by atoms with Gasteiger partial charge in [-0.2, -0.15) is 0 Å². The van der Waals surface area contributed by atoms with E-state index in [0.717, 1.165) is 5.01 Å². The van der Waals surface area contributed by atoms with Crippen LogP contribution in [0.3, 0.4) is 0 Å². The molecule has 3 atom stereocenters. The Hall–Kier alpha value is 0.0200. The van der Waals surface area contributed by atoms with Crippen LogP contribution in [0.15, 0.2) is 11.6 Å². The van der Waals surface area contributed by atoms with Crippen molar-refractivity contribution < 1.29 is 9.59 Å². The second kappa shape index (κ2) is 11.3. The second-order valence-corrected chi connectivity index (χ2v) is 10.9. The Kier molecular flexibility index (Phi) is 10.5. The number of carbonyl (C=O) groups is 2. The molecule has 5 nitrogen and oxygen atoms in total. The van der Waals surface area contributed by atoms with E-state index in [2.05, 4.69) is 10.3 Å². The van der Waals surface area contributed by atoms with Crippen molar-refractivity contribution in [1.29, 1.82) is 0 Å². The number of nitrogens with one attached hydrogen (secondary N) is 1. The van der Waals surface area contributed by atoms with Crippen molar-refractivity contribution in [3.05, 3.63) is 16.6 Å². The van der Waals surface area contributed by atoms with Gasteiger partial charge in [-0.1, -0.05) is 48.7 Å². The fraction of sp³-hybridized carbons (Fsp3) is 0.688. The third kappa shape index (κ3) is 8.50. The summed E-state index contributed by atoms with van der Waals surface area (Å²) in [6.07, 6.45) is 1.94. The van der Waals surface area contributed by atoms with Crippen LogP contribution in [-0.4, -0.2) is 43.4 Å². The van der Waals surface area contributed by atoms with Gasteiger partial charge >= 0.3 is 0 Å². The number of amides is 2. The van der Waals surface area contributed by atoms with E-state index in [0.29, 0.717) is 0 Å². The summed E-state index contributed by atoms with van der Waals surface area (Å²) < 4.78 is -1.55.